The third-order valence-corrected chi connectivity index (χ3v) is 5.60. The summed E-state index contributed by atoms with van der Waals surface area (Å²) in [5.41, 5.74) is 1.87. The highest BCUT2D eigenvalue weighted by Crippen LogP contribution is 2.14. The summed E-state index contributed by atoms with van der Waals surface area (Å²) in [7, 11) is -3.48. The lowest BCUT2D eigenvalue weighted by Gasteiger charge is -2.06. The Balaban J connectivity index is 1.60. The topological polar surface area (TPSA) is 76.9 Å². The molecule has 3 aromatic rings. The van der Waals surface area contributed by atoms with Crippen molar-refractivity contribution in [3.8, 4) is 5.13 Å². The van der Waals surface area contributed by atoms with Crippen molar-refractivity contribution in [3.63, 3.8) is 0 Å². The van der Waals surface area contributed by atoms with Gasteiger partial charge in [-0.1, -0.05) is 17.7 Å². The Labute approximate surface area is 138 Å². The first kappa shape index (κ1) is 15.9. The van der Waals surface area contributed by atoms with Gasteiger partial charge in [-0.2, -0.15) is 5.10 Å². The molecule has 2 aromatic heterocycles. The third kappa shape index (κ3) is 3.84. The van der Waals surface area contributed by atoms with Crippen molar-refractivity contribution in [2.45, 2.75) is 18.2 Å². The molecule has 23 heavy (non-hydrogen) atoms. The van der Waals surface area contributed by atoms with Crippen molar-refractivity contribution in [3.05, 3.63) is 59.4 Å². The van der Waals surface area contributed by atoms with Gasteiger partial charge in [-0.15, -0.1) is 11.3 Å². The second-order valence-corrected chi connectivity index (χ2v) is 7.64. The number of benzene rings is 1. The average molecular weight is 348 g/mol. The largest absolute Gasteiger partial charge is 0.240 e. The Morgan fingerprint density at radius 3 is 2.74 bits per heavy atom. The monoisotopic (exact) mass is 348 g/mol. The molecule has 0 saturated heterocycles. The van der Waals surface area contributed by atoms with Gasteiger partial charge in [-0.3, -0.25) is 0 Å². The number of aryl methyl sites for hydroxylation is 1. The van der Waals surface area contributed by atoms with E-state index < -0.39 is 10.0 Å². The number of sulfonamides is 1. The highest BCUT2D eigenvalue weighted by atomic mass is 32.2. The summed E-state index contributed by atoms with van der Waals surface area (Å²) in [6, 6.07) is 8.61. The van der Waals surface area contributed by atoms with Gasteiger partial charge in [0.1, 0.15) is 0 Å². The van der Waals surface area contributed by atoms with Gasteiger partial charge in [0.05, 0.1) is 10.6 Å². The van der Waals surface area contributed by atoms with Crippen LogP contribution in [0.4, 0.5) is 0 Å². The molecule has 8 heteroatoms. The summed E-state index contributed by atoms with van der Waals surface area (Å²) in [5.74, 6) is 0. The first-order chi connectivity index (χ1) is 11.0. The molecule has 0 amide bonds. The normalized spacial score (nSPS) is 11.7. The molecule has 0 unspecified atom stereocenters. The molecular formula is C15H16N4O2S2. The smallest absolute Gasteiger partial charge is 0.223 e. The molecule has 0 saturated carbocycles. The standard InChI is InChI=1S/C15H16N4O2S2/c1-12-3-5-14(6-4-12)23(20,21)17-9-7-13-11-22-15(18-13)19-10-2-8-16-19/h2-6,8,10-11,17H,7,9H2,1H3. The van der Waals surface area contributed by atoms with Gasteiger partial charge in [0.25, 0.3) is 0 Å². The van der Waals surface area contributed by atoms with E-state index in [0.717, 1.165) is 16.4 Å². The lowest BCUT2D eigenvalue weighted by Crippen LogP contribution is -2.26. The molecule has 1 aromatic carbocycles. The zero-order valence-electron chi connectivity index (χ0n) is 12.5. The van der Waals surface area contributed by atoms with E-state index in [0.29, 0.717) is 13.0 Å². The number of rotatable bonds is 6. The Hall–Kier alpha value is -2.03. The van der Waals surface area contributed by atoms with E-state index in [4.69, 9.17) is 0 Å². The molecule has 120 valence electrons. The van der Waals surface area contributed by atoms with Gasteiger partial charge in [0, 0.05) is 30.7 Å². The van der Waals surface area contributed by atoms with E-state index in [1.165, 1.54) is 11.3 Å². The molecule has 6 nitrogen and oxygen atoms in total. The van der Waals surface area contributed by atoms with Crippen LogP contribution >= 0.6 is 11.3 Å². The lowest BCUT2D eigenvalue weighted by molar-refractivity contribution is 0.581. The Morgan fingerprint density at radius 2 is 2.04 bits per heavy atom. The lowest BCUT2D eigenvalue weighted by atomic mass is 10.2. The maximum Gasteiger partial charge on any atom is 0.240 e. The quantitative estimate of drug-likeness (QED) is 0.740. The van der Waals surface area contributed by atoms with Crippen LogP contribution in [-0.2, 0) is 16.4 Å². The van der Waals surface area contributed by atoms with Crippen molar-refractivity contribution < 1.29 is 8.42 Å². The van der Waals surface area contributed by atoms with Gasteiger partial charge in [-0.25, -0.2) is 22.8 Å². The second kappa shape index (κ2) is 6.61. The maximum atomic E-state index is 12.2. The Bertz CT molecular complexity index is 869. The summed E-state index contributed by atoms with van der Waals surface area (Å²) >= 11 is 1.48. The SMILES string of the molecule is Cc1ccc(S(=O)(=O)NCCc2csc(-n3cccn3)n2)cc1. The van der Waals surface area contributed by atoms with Crippen molar-refractivity contribution in [1.82, 2.24) is 19.5 Å². The highest BCUT2D eigenvalue weighted by Gasteiger charge is 2.13. The minimum Gasteiger partial charge on any atom is -0.223 e. The van der Waals surface area contributed by atoms with Crippen LogP contribution in [0.15, 0.2) is 53.0 Å². The molecule has 1 N–H and O–H groups in total. The number of hydrogen-bond acceptors (Lipinski definition) is 5. The number of thiazole rings is 1. The predicted molar refractivity (Wildman–Crippen MR) is 89.3 cm³/mol. The fourth-order valence-corrected chi connectivity index (χ4v) is 3.84. The van der Waals surface area contributed by atoms with Crippen LogP contribution in [0.1, 0.15) is 11.3 Å². The molecule has 0 radical (unpaired) electrons. The van der Waals surface area contributed by atoms with E-state index >= 15 is 0 Å². The number of nitrogens with one attached hydrogen (secondary N) is 1. The average Bonchev–Trinajstić information content (AvgIpc) is 3.18. The summed E-state index contributed by atoms with van der Waals surface area (Å²) in [6.07, 6.45) is 4.04. The second-order valence-electron chi connectivity index (χ2n) is 5.03. The minimum absolute atomic E-state index is 0.276. The van der Waals surface area contributed by atoms with E-state index in [9.17, 15) is 8.42 Å². The van der Waals surface area contributed by atoms with Crippen molar-refractivity contribution in [2.75, 3.05) is 6.54 Å². The molecule has 3 rings (SSSR count). The van der Waals surface area contributed by atoms with Crippen LogP contribution in [0.5, 0.6) is 0 Å². The fourth-order valence-electron chi connectivity index (χ4n) is 2.01. The minimum atomic E-state index is -3.48. The van der Waals surface area contributed by atoms with Gasteiger partial charge >= 0.3 is 0 Å². The molecule has 2 heterocycles. The molecular weight excluding hydrogens is 332 g/mol. The van der Waals surface area contributed by atoms with Crippen molar-refractivity contribution in [2.24, 2.45) is 0 Å². The summed E-state index contributed by atoms with van der Waals surface area (Å²) in [5, 5.41) is 6.80. The van der Waals surface area contributed by atoms with Crippen LogP contribution in [0.25, 0.3) is 5.13 Å². The first-order valence-corrected chi connectivity index (χ1v) is 9.42. The van der Waals surface area contributed by atoms with Crippen LogP contribution < -0.4 is 4.72 Å². The van der Waals surface area contributed by atoms with Crippen LogP contribution in [0, 0.1) is 6.92 Å². The molecule has 0 aliphatic heterocycles. The van der Waals surface area contributed by atoms with E-state index in [-0.39, 0.29) is 4.90 Å². The van der Waals surface area contributed by atoms with Crippen LogP contribution in [0.3, 0.4) is 0 Å². The summed E-state index contributed by atoms with van der Waals surface area (Å²) in [4.78, 5) is 4.72. The van der Waals surface area contributed by atoms with E-state index in [1.807, 2.05) is 24.6 Å². The van der Waals surface area contributed by atoms with Crippen LogP contribution in [0.2, 0.25) is 0 Å². The molecule has 0 fully saturated rings. The molecule has 0 spiro atoms. The highest BCUT2D eigenvalue weighted by molar-refractivity contribution is 7.89. The zero-order valence-corrected chi connectivity index (χ0v) is 14.1. The molecule has 0 bridgehead atoms. The third-order valence-electron chi connectivity index (χ3n) is 3.24. The summed E-state index contributed by atoms with van der Waals surface area (Å²) < 4.78 is 28.7. The predicted octanol–water partition coefficient (Wildman–Crippen LogP) is 2.16. The maximum absolute atomic E-state index is 12.2. The van der Waals surface area contributed by atoms with Crippen molar-refractivity contribution in [1.29, 1.82) is 0 Å². The number of nitrogens with zero attached hydrogens (tertiary/aromatic N) is 3. The number of hydrogen-bond donors (Lipinski definition) is 1. The van der Waals surface area contributed by atoms with Gasteiger partial charge in [-0.05, 0) is 25.1 Å². The molecule has 0 aliphatic rings. The Kier molecular flexibility index (Phi) is 4.56. The summed E-state index contributed by atoms with van der Waals surface area (Å²) in [6.45, 7) is 2.22. The van der Waals surface area contributed by atoms with Crippen molar-refractivity contribution >= 4 is 21.4 Å². The van der Waals surface area contributed by atoms with Gasteiger partial charge in [0.15, 0.2) is 0 Å². The van der Waals surface area contributed by atoms with Crippen LogP contribution in [-0.4, -0.2) is 29.7 Å². The fraction of sp³-hybridized carbons (Fsp3) is 0.200. The first-order valence-electron chi connectivity index (χ1n) is 7.05. The number of aromatic nitrogens is 3. The molecule has 0 aliphatic carbocycles. The zero-order chi connectivity index (χ0) is 16.3. The van der Waals surface area contributed by atoms with Gasteiger partial charge in [0.2, 0.25) is 15.2 Å². The van der Waals surface area contributed by atoms with E-state index in [2.05, 4.69) is 14.8 Å². The molecule has 0 atom stereocenters. The Morgan fingerprint density at radius 1 is 1.26 bits per heavy atom. The van der Waals surface area contributed by atoms with E-state index in [1.54, 1.807) is 35.1 Å². The van der Waals surface area contributed by atoms with Gasteiger partial charge < -0.3 is 0 Å².